The Kier molecular flexibility index (Phi) is 7.87. The Balaban J connectivity index is 1.43. The van der Waals surface area contributed by atoms with Crippen LogP contribution in [0.15, 0.2) is 80.8 Å². The minimum Gasteiger partial charge on any atom is -0.506 e. The second-order valence-corrected chi connectivity index (χ2v) is 7.87. The molecule has 8 heteroatoms. The lowest BCUT2D eigenvalue weighted by molar-refractivity contribution is -0.123. The number of halogens is 2. The van der Waals surface area contributed by atoms with Gasteiger partial charge in [-0.2, -0.15) is 5.10 Å². The monoisotopic (exact) mass is 532 g/mol. The summed E-state index contributed by atoms with van der Waals surface area (Å²) in [5, 5.41) is 13.6. The molecule has 0 unspecified atom stereocenters. The Morgan fingerprint density at radius 3 is 2.20 bits per heavy atom. The molecule has 1 amide bonds. The SMILES string of the molecule is O=C(COc1ccc(OCc2ccccc2)cc1)N/N=C\c1cc(Br)c(O)c(Br)c1. The molecule has 0 fully saturated rings. The summed E-state index contributed by atoms with van der Waals surface area (Å²) in [5.74, 6) is 0.965. The van der Waals surface area contributed by atoms with Crippen LogP contribution in [0.2, 0.25) is 0 Å². The maximum absolute atomic E-state index is 11.9. The summed E-state index contributed by atoms with van der Waals surface area (Å²) in [6, 6.07) is 20.3. The van der Waals surface area contributed by atoms with Crippen molar-refractivity contribution in [1.82, 2.24) is 5.43 Å². The number of hydrogen-bond donors (Lipinski definition) is 2. The molecule has 0 heterocycles. The van der Waals surface area contributed by atoms with Gasteiger partial charge in [-0.15, -0.1) is 0 Å². The van der Waals surface area contributed by atoms with Crippen LogP contribution in [0.5, 0.6) is 17.2 Å². The summed E-state index contributed by atoms with van der Waals surface area (Å²) < 4.78 is 12.2. The summed E-state index contributed by atoms with van der Waals surface area (Å²) in [6.07, 6.45) is 1.46. The molecule has 0 radical (unpaired) electrons. The number of carbonyl (C=O) groups is 1. The Hall–Kier alpha value is -2.84. The number of benzene rings is 3. The molecule has 3 aromatic rings. The Labute approximate surface area is 190 Å². The molecule has 0 spiro atoms. The lowest BCUT2D eigenvalue weighted by atomic mass is 10.2. The summed E-state index contributed by atoms with van der Waals surface area (Å²) >= 11 is 6.47. The Bertz CT molecular complexity index is 1000. The molecule has 2 N–H and O–H groups in total. The first-order valence-corrected chi connectivity index (χ1v) is 10.5. The number of amides is 1. The molecule has 0 atom stereocenters. The largest absolute Gasteiger partial charge is 0.506 e. The quantitative estimate of drug-likeness (QED) is 0.314. The van der Waals surface area contributed by atoms with E-state index in [4.69, 9.17) is 9.47 Å². The van der Waals surface area contributed by atoms with Crippen LogP contribution in [-0.2, 0) is 11.4 Å². The van der Waals surface area contributed by atoms with Gasteiger partial charge in [-0.3, -0.25) is 4.79 Å². The second kappa shape index (κ2) is 10.8. The fourth-order valence-corrected chi connectivity index (χ4v) is 3.61. The Morgan fingerprint density at radius 2 is 1.57 bits per heavy atom. The van der Waals surface area contributed by atoms with Gasteiger partial charge in [0.2, 0.25) is 0 Å². The van der Waals surface area contributed by atoms with Crippen molar-refractivity contribution in [2.75, 3.05) is 6.61 Å². The van der Waals surface area contributed by atoms with E-state index in [1.54, 1.807) is 36.4 Å². The minimum absolute atomic E-state index is 0.0982. The van der Waals surface area contributed by atoms with Crippen LogP contribution >= 0.6 is 31.9 Å². The van der Waals surface area contributed by atoms with Crippen LogP contribution in [0.25, 0.3) is 0 Å². The predicted molar refractivity (Wildman–Crippen MR) is 122 cm³/mol. The van der Waals surface area contributed by atoms with E-state index in [2.05, 4.69) is 42.4 Å². The molecule has 3 aromatic carbocycles. The van der Waals surface area contributed by atoms with Gasteiger partial charge < -0.3 is 14.6 Å². The molecule has 0 saturated carbocycles. The van der Waals surface area contributed by atoms with Gasteiger partial charge in [0, 0.05) is 0 Å². The molecule has 0 saturated heterocycles. The van der Waals surface area contributed by atoms with E-state index < -0.39 is 5.91 Å². The van der Waals surface area contributed by atoms with Gasteiger partial charge >= 0.3 is 0 Å². The van der Waals surface area contributed by atoms with Gasteiger partial charge in [0.25, 0.3) is 5.91 Å². The van der Waals surface area contributed by atoms with E-state index in [0.717, 1.165) is 5.56 Å². The van der Waals surface area contributed by atoms with Gasteiger partial charge in [-0.25, -0.2) is 5.43 Å². The van der Waals surface area contributed by atoms with Crippen LogP contribution in [0.1, 0.15) is 11.1 Å². The minimum atomic E-state index is -0.396. The normalized spacial score (nSPS) is 10.7. The number of nitrogens with zero attached hydrogens (tertiary/aromatic N) is 1. The predicted octanol–water partition coefficient (Wildman–Crippen LogP) is 5.03. The van der Waals surface area contributed by atoms with Crippen molar-refractivity contribution in [3.63, 3.8) is 0 Å². The summed E-state index contributed by atoms with van der Waals surface area (Å²) in [6.45, 7) is 0.306. The fourth-order valence-electron chi connectivity index (χ4n) is 2.39. The van der Waals surface area contributed by atoms with Crippen LogP contribution in [0.3, 0.4) is 0 Å². The zero-order chi connectivity index (χ0) is 21.3. The van der Waals surface area contributed by atoms with Crippen molar-refractivity contribution in [2.45, 2.75) is 6.61 Å². The van der Waals surface area contributed by atoms with Gasteiger partial charge in [-0.1, -0.05) is 30.3 Å². The van der Waals surface area contributed by atoms with Crippen LogP contribution in [0, 0.1) is 0 Å². The lowest BCUT2D eigenvalue weighted by Crippen LogP contribution is -2.24. The zero-order valence-corrected chi connectivity index (χ0v) is 18.9. The highest BCUT2D eigenvalue weighted by atomic mass is 79.9. The van der Waals surface area contributed by atoms with Crippen molar-refractivity contribution < 1.29 is 19.4 Å². The van der Waals surface area contributed by atoms with Crippen LogP contribution in [-0.4, -0.2) is 23.8 Å². The average Bonchev–Trinajstić information content (AvgIpc) is 2.76. The number of phenols is 1. The van der Waals surface area contributed by atoms with Crippen molar-refractivity contribution in [3.8, 4) is 17.2 Å². The maximum atomic E-state index is 11.9. The van der Waals surface area contributed by atoms with E-state index in [1.807, 2.05) is 30.3 Å². The maximum Gasteiger partial charge on any atom is 0.277 e. The lowest BCUT2D eigenvalue weighted by Gasteiger charge is -2.08. The van der Waals surface area contributed by atoms with Crippen molar-refractivity contribution >= 4 is 44.0 Å². The highest BCUT2D eigenvalue weighted by molar-refractivity contribution is 9.11. The van der Waals surface area contributed by atoms with Gasteiger partial charge in [-0.05, 0) is 79.4 Å². The second-order valence-electron chi connectivity index (χ2n) is 6.16. The number of hydrogen-bond acceptors (Lipinski definition) is 5. The van der Waals surface area contributed by atoms with Gasteiger partial charge in [0.05, 0.1) is 15.2 Å². The molecule has 0 aromatic heterocycles. The summed E-state index contributed by atoms with van der Waals surface area (Å²) in [5.41, 5.74) is 4.17. The van der Waals surface area contributed by atoms with Crippen molar-refractivity contribution in [3.05, 3.63) is 86.8 Å². The van der Waals surface area contributed by atoms with Crippen molar-refractivity contribution in [1.29, 1.82) is 0 Å². The summed E-state index contributed by atoms with van der Waals surface area (Å²) in [4.78, 5) is 11.9. The Morgan fingerprint density at radius 1 is 0.967 bits per heavy atom. The van der Waals surface area contributed by atoms with Gasteiger partial charge in [0.1, 0.15) is 23.9 Å². The molecule has 6 nitrogen and oxygen atoms in total. The third-order valence-electron chi connectivity index (χ3n) is 3.88. The molecule has 0 aliphatic carbocycles. The molecule has 0 aliphatic heterocycles. The highest BCUT2D eigenvalue weighted by Crippen LogP contribution is 2.32. The average molecular weight is 534 g/mol. The first kappa shape index (κ1) is 21.9. The molecule has 30 heavy (non-hydrogen) atoms. The van der Waals surface area contributed by atoms with Crippen molar-refractivity contribution in [2.24, 2.45) is 5.10 Å². The standard InChI is InChI=1S/C22H18Br2N2O4/c23-19-10-16(11-20(24)22(19)28)12-25-26-21(27)14-30-18-8-6-17(7-9-18)29-13-15-4-2-1-3-5-15/h1-12,28H,13-14H2,(H,26,27)/b25-12-. The number of aromatic hydroxyl groups is 1. The number of carbonyl (C=O) groups excluding carboxylic acids is 1. The summed E-state index contributed by atoms with van der Waals surface area (Å²) in [7, 11) is 0. The number of phenolic OH excluding ortho intramolecular Hbond substituents is 1. The van der Waals surface area contributed by atoms with E-state index in [9.17, 15) is 9.90 Å². The third kappa shape index (κ3) is 6.60. The highest BCUT2D eigenvalue weighted by Gasteiger charge is 2.05. The molecule has 3 rings (SSSR count). The number of ether oxygens (including phenoxy) is 2. The first-order valence-electron chi connectivity index (χ1n) is 8.91. The van der Waals surface area contributed by atoms with Crippen LogP contribution in [0.4, 0.5) is 0 Å². The van der Waals surface area contributed by atoms with Gasteiger partial charge in [0.15, 0.2) is 6.61 Å². The molecule has 0 bridgehead atoms. The zero-order valence-electron chi connectivity index (χ0n) is 15.7. The first-order chi connectivity index (χ1) is 14.5. The van der Waals surface area contributed by atoms with E-state index in [-0.39, 0.29) is 12.4 Å². The molecular weight excluding hydrogens is 516 g/mol. The number of hydrazone groups is 1. The van der Waals surface area contributed by atoms with Crippen LogP contribution < -0.4 is 14.9 Å². The smallest absolute Gasteiger partial charge is 0.277 e. The van der Waals surface area contributed by atoms with E-state index in [0.29, 0.717) is 32.6 Å². The molecular formula is C22H18Br2N2O4. The molecule has 0 aliphatic rings. The number of rotatable bonds is 8. The molecule has 154 valence electrons. The third-order valence-corrected chi connectivity index (χ3v) is 5.09. The fraction of sp³-hybridized carbons (Fsp3) is 0.0909. The topological polar surface area (TPSA) is 80.2 Å². The van der Waals surface area contributed by atoms with E-state index in [1.165, 1.54) is 6.21 Å². The van der Waals surface area contributed by atoms with E-state index >= 15 is 0 Å². The number of nitrogens with one attached hydrogen (secondary N) is 1.